The third kappa shape index (κ3) is 78.3. The Morgan fingerprint density at radius 3 is 0.488 bits per heavy atom. The number of carboxylic acids is 3. The second-order valence-corrected chi connectivity index (χ2v) is 32.7. The Hall–Kier alpha value is -6.96. The molecule has 6 fully saturated rings. The van der Waals surface area contributed by atoms with Crippen LogP contribution in [0.3, 0.4) is 0 Å². The smallest absolute Gasteiger partial charge is 0.306 e. The minimum Gasteiger partial charge on any atom is -0.550 e. The normalized spacial score (nSPS) is 21.5. The number of rotatable bonds is 42. The first-order valence-electron chi connectivity index (χ1n) is 42.9. The summed E-state index contributed by atoms with van der Waals surface area (Å²) >= 11 is 0. The molecular weight excluding hydrogens is 1630 g/mol. The zero-order valence-electron chi connectivity index (χ0n) is 75.3. The zero-order chi connectivity index (χ0) is 93.8. The van der Waals surface area contributed by atoms with E-state index < -0.39 is 34.7 Å². The van der Waals surface area contributed by atoms with Crippen molar-refractivity contribution in [3.63, 3.8) is 0 Å². The molecule has 6 rings (SSSR count). The van der Waals surface area contributed by atoms with Crippen LogP contribution in [0, 0.1) is 0 Å². The molecule has 6 saturated heterocycles. The van der Waals surface area contributed by atoms with Gasteiger partial charge in [-0.15, -0.1) is 0 Å². The maximum Gasteiger partial charge on any atom is 0.306 e. The van der Waals surface area contributed by atoms with Gasteiger partial charge in [0.2, 0.25) is 0 Å². The number of aliphatic hydroxyl groups excluding tert-OH is 6. The van der Waals surface area contributed by atoms with E-state index in [0.29, 0.717) is 116 Å². The van der Waals surface area contributed by atoms with E-state index in [0.717, 1.165) is 137 Å². The lowest BCUT2D eigenvalue weighted by molar-refractivity contribution is -0.368. The van der Waals surface area contributed by atoms with Gasteiger partial charge in [0.15, 0.2) is 0 Å². The number of aliphatic hydroxyl groups is 6. The Morgan fingerprint density at radius 2 is 0.374 bits per heavy atom. The Labute approximate surface area is 725 Å². The second kappa shape index (κ2) is 73.1. The average molecular weight is 1780 g/mol. The molecular formula is C84H153N3O36. The molecule has 720 valence electrons. The minimum atomic E-state index is -1.08. The summed E-state index contributed by atoms with van der Waals surface area (Å²) in [6, 6.07) is 0. The quantitative estimate of drug-likeness (QED) is 0.0210. The molecule has 6 aliphatic heterocycles. The maximum atomic E-state index is 11.6. The highest BCUT2D eigenvalue weighted by Gasteiger charge is 2.32. The molecule has 123 heavy (non-hydrogen) atoms. The van der Waals surface area contributed by atoms with Crippen LogP contribution in [0.5, 0.6) is 0 Å². The van der Waals surface area contributed by atoms with Crippen molar-refractivity contribution in [3.8, 4) is 0 Å². The monoisotopic (exact) mass is 1780 g/mol. The van der Waals surface area contributed by atoms with E-state index in [4.69, 9.17) is 131 Å². The fourth-order valence-corrected chi connectivity index (χ4v) is 11.4. The van der Waals surface area contributed by atoms with Crippen molar-refractivity contribution >= 4 is 71.6 Å². The summed E-state index contributed by atoms with van der Waals surface area (Å²) in [6.07, 6.45) is 17.9. The Balaban J connectivity index is -0.00000137. The summed E-state index contributed by atoms with van der Waals surface area (Å²) in [7, 11) is 0. The van der Waals surface area contributed by atoms with Crippen LogP contribution in [-0.2, 0) is 129 Å². The molecule has 0 amide bonds. The molecule has 0 radical (unpaired) electrons. The molecule has 0 spiro atoms. The van der Waals surface area contributed by atoms with Gasteiger partial charge in [0.05, 0.1) is 152 Å². The third-order valence-corrected chi connectivity index (χ3v) is 17.2. The molecule has 6 aliphatic rings. The summed E-state index contributed by atoms with van der Waals surface area (Å²) in [5.74, 6) is -5.36. The van der Waals surface area contributed by atoms with Gasteiger partial charge in [0.1, 0.15) is 56.4 Å². The van der Waals surface area contributed by atoms with E-state index in [9.17, 15) is 43.2 Å². The number of carbonyl (C=O) groups is 12. The summed E-state index contributed by atoms with van der Waals surface area (Å²) in [5, 5.41) is 80.0. The highest BCUT2D eigenvalue weighted by atomic mass is 16.6. The minimum absolute atomic E-state index is 0.00904. The van der Waals surface area contributed by atoms with Gasteiger partial charge < -0.3 is 149 Å². The van der Waals surface area contributed by atoms with Crippen molar-refractivity contribution in [2.75, 3.05) is 98.9 Å². The van der Waals surface area contributed by atoms with Gasteiger partial charge in [0, 0.05) is 75.7 Å². The van der Waals surface area contributed by atoms with Crippen LogP contribution in [0.25, 0.3) is 0 Å². The highest BCUT2D eigenvalue weighted by Crippen LogP contribution is 2.25. The molecule has 39 heteroatoms. The molecule has 0 aromatic heterocycles. The van der Waals surface area contributed by atoms with Crippen molar-refractivity contribution in [1.29, 1.82) is 0 Å². The molecule has 0 aromatic carbocycles. The number of quaternary nitrogens is 3. The number of hydrogen-bond donors (Lipinski definition) is 9. The number of ether oxygens (including phenoxy) is 15. The van der Waals surface area contributed by atoms with Gasteiger partial charge in [0.25, 0.3) is 0 Å². The summed E-state index contributed by atoms with van der Waals surface area (Å²) < 4.78 is 78.8. The third-order valence-electron chi connectivity index (χ3n) is 17.2. The van der Waals surface area contributed by atoms with Gasteiger partial charge in [-0.2, -0.15) is 0 Å². The van der Waals surface area contributed by atoms with Crippen LogP contribution in [0.4, 0.5) is 0 Å². The standard InChI is InChI=1S/3C16H28O6.3C10H19NO4.3C2H4O2/c3*1-16(2,3)22-15(19)7-5-4-6-14(18)20-11-13-9-8-12(10-17)21-13;3*11-5-1-2-10(13)14-7-9-4-3-8(6-12)15-9;3*1-2(3)4/h3*12-13,17H,4-11H2,1-3H3;3*8-9,12H,1-7,11H2;3*1H3,(H,3,4)/t12-,13+;2*12-,13-;8-,9+;2*8-,9-;;;/m110110.../s1. The van der Waals surface area contributed by atoms with E-state index in [1.165, 1.54) is 0 Å². The van der Waals surface area contributed by atoms with Crippen LogP contribution < -0.4 is 32.5 Å². The van der Waals surface area contributed by atoms with E-state index in [2.05, 4.69) is 17.2 Å². The lowest BCUT2D eigenvalue weighted by Crippen LogP contribution is -2.50. The SMILES string of the molecule is CC(=O)[O-].CC(=O)[O-].CC(=O)[O-].CC(C)(C)OC(=O)CCCCC(=O)OC[C@@H]1CC[C@@H](CO)O1.CC(C)(C)OC(=O)CCCCC(=O)OC[C@@H]1CC[C@H](CO)O1.CC(C)(C)OC(=O)CCCCC(=O)OC[C@H]1CC[C@H](CO)O1.[NH3+]CCCC(=O)OC[C@@H]1CC[C@@H](CO)O1.[NH3+]CCCC(=O)OC[C@@H]1CC[C@H](CO)O1.[NH3+]CCCC(=O)OC[C@H]1CC[C@H](CO)O1. The first-order valence-corrected chi connectivity index (χ1v) is 42.9. The van der Waals surface area contributed by atoms with Crippen molar-refractivity contribution in [1.82, 2.24) is 0 Å². The van der Waals surface area contributed by atoms with Crippen LogP contribution in [0.15, 0.2) is 0 Å². The number of carboxylic acid groups (broad SMARTS) is 3. The van der Waals surface area contributed by atoms with Gasteiger partial charge in [-0.1, -0.05) is 0 Å². The van der Waals surface area contributed by atoms with E-state index in [-0.39, 0.29) is 186 Å². The first kappa shape index (κ1) is 120. The van der Waals surface area contributed by atoms with Crippen molar-refractivity contribution in [3.05, 3.63) is 0 Å². The fourth-order valence-electron chi connectivity index (χ4n) is 11.4. The second-order valence-electron chi connectivity index (χ2n) is 32.7. The molecule has 12 atom stereocenters. The summed E-state index contributed by atoms with van der Waals surface area (Å²) in [5.41, 5.74) is 9.56. The van der Waals surface area contributed by atoms with E-state index in [1.807, 2.05) is 62.3 Å². The maximum absolute atomic E-state index is 11.6. The molecule has 15 N–H and O–H groups in total. The topological polar surface area (TPSA) is 617 Å². The average Bonchev–Trinajstić information content (AvgIpc) is 1.71. The van der Waals surface area contributed by atoms with Gasteiger partial charge >= 0.3 is 53.7 Å². The lowest BCUT2D eigenvalue weighted by Gasteiger charge is -2.19. The van der Waals surface area contributed by atoms with Gasteiger partial charge in [-0.25, -0.2) is 0 Å². The van der Waals surface area contributed by atoms with Crippen LogP contribution in [-0.4, -0.2) is 291 Å². The number of unbranched alkanes of at least 4 members (excludes halogenated alkanes) is 3. The summed E-state index contributed by atoms with van der Waals surface area (Å²) in [6.45, 7) is 23.4. The van der Waals surface area contributed by atoms with Gasteiger partial charge in [-0.05, 0) is 199 Å². The van der Waals surface area contributed by atoms with Crippen molar-refractivity contribution < 1.29 is 192 Å². The van der Waals surface area contributed by atoms with Crippen molar-refractivity contribution in [2.24, 2.45) is 0 Å². The Kier molecular flexibility index (Phi) is 71.4. The van der Waals surface area contributed by atoms with E-state index in [1.54, 1.807) is 0 Å². The first-order chi connectivity index (χ1) is 57.9. The zero-order valence-corrected chi connectivity index (χ0v) is 75.3. The Morgan fingerprint density at radius 1 is 0.252 bits per heavy atom. The van der Waals surface area contributed by atoms with Crippen molar-refractivity contribution in [2.45, 2.75) is 366 Å². The molecule has 0 unspecified atom stereocenters. The molecule has 0 aliphatic carbocycles. The van der Waals surface area contributed by atoms with E-state index >= 15 is 0 Å². The number of aliphatic carboxylic acids is 3. The number of carbonyl (C=O) groups excluding carboxylic acids is 12. The molecule has 0 aromatic rings. The summed E-state index contributed by atoms with van der Waals surface area (Å²) in [4.78, 5) is 129. The van der Waals surface area contributed by atoms with Crippen LogP contribution in [0.1, 0.15) is 276 Å². The Bertz CT molecular complexity index is 2550. The lowest BCUT2D eigenvalue weighted by atomic mass is 10.1. The van der Waals surface area contributed by atoms with Crippen LogP contribution >= 0.6 is 0 Å². The van der Waals surface area contributed by atoms with Crippen LogP contribution in [0.2, 0.25) is 0 Å². The predicted octanol–water partition coefficient (Wildman–Crippen LogP) is -0.542. The molecule has 0 bridgehead atoms. The highest BCUT2D eigenvalue weighted by molar-refractivity contribution is 5.73. The molecule has 6 heterocycles. The number of hydrogen-bond acceptors (Lipinski definition) is 36. The largest absolute Gasteiger partial charge is 0.550 e. The molecule has 39 nitrogen and oxygen atoms in total. The van der Waals surface area contributed by atoms with Gasteiger partial charge in [-0.3, -0.25) is 43.2 Å². The fraction of sp³-hybridized carbons (Fsp3) is 0.857. The predicted molar refractivity (Wildman–Crippen MR) is 432 cm³/mol. The molecule has 0 saturated carbocycles. The number of esters is 9.